The number of ether oxygens (including phenoxy) is 3. The van der Waals surface area contributed by atoms with E-state index in [1.54, 1.807) is 31.2 Å². The van der Waals surface area contributed by atoms with Crippen LogP contribution in [0.25, 0.3) is 6.08 Å². The maximum atomic E-state index is 13.4. The third-order valence-electron chi connectivity index (χ3n) is 6.07. The van der Waals surface area contributed by atoms with Gasteiger partial charge in [-0.15, -0.1) is 0 Å². The van der Waals surface area contributed by atoms with Gasteiger partial charge in [-0.25, -0.2) is 4.98 Å². The zero-order valence-corrected chi connectivity index (χ0v) is 22.3. The number of anilines is 1. The highest BCUT2D eigenvalue weighted by Gasteiger charge is 2.20. The van der Waals surface area contributed by atoms with Crippen LogP contribution >= 0.6 is 0 Å². The van der Waals surface area contributed by atoms with Crippen molar-refractivity contribution in [2.45, 2.75) is 39.2 Å². The predicted octanol–water partition coefficient (Wildman–Crippen LogP) is 3.15. The van der Waals surface area contributed by atoms with E-state index in [2.05, 4.69) is 4.98 Å². The van der Waals surface area contributed by atoms with Crippen LogP contribution in [0.15, 0.2) is 35.0 Å². The molecular formula is C25H35N3O7S. The van der Waals surface area contributed by atoms with Crippen molar-refractivity contribution in [2.75, 3.05) is 51.7 Å². The zero-order valence-electron chi connectivity index (χ0n) is 21.5. The van der Waals surface area contributed by atoms with Crippen LogP contribution in [0.4, 0.5) is 5.69 Å². The summed E-state index contributed by atoms with van der Waals surface area (Å²) in [7, 11) is -0.393. The monoisotopic (exact) mass is 521 g/mol. The molecule has 11 heteroatoms. The Hall–Kier alpha value is -2.89. The fraction of sp³-hybridized carbons (Fsp3) is 0.520. The molecule has 0 radical (unpaired) electrons. The van der Waals surface area contributed by atoms with Gasteiger partial charge in [-0.2, -0.15) is 8.42 Å². The van der Waals surface area contributed by atoms with Gasteiger partial charge in [0.15, 0.2) is 0 Å². The predicted molar refractivity (Wildman–Crippen MR) is 138 cm³/mol. The Morgan fingerprint density at radius 2 is 1.83 bits per heavy atom. The molecule has 0 spiro atoms. The van der Waals surface area contributed by atoms with Gasteiger partial charge in [0.05, 0.1) is 44.7 Å². The van der Waals surface area contributed by atoms with Gasteiger partial charge in [0, 0.05) is 55.4 Å². The van der Waals surface area contributed by atoms with Crippen LogP contribution in [0.1, 0.15) is 43.5 Å². The molecule has 0 unspecified atom stereocenters. The van der Waals surface area contributed by atoms with Crippen LogP contribution in [-0.4, -0.2) is 64.8 Å². The minimum Gasteiger partial charge on any atom is -0.497 e. The number of rotatable bonds is 11. The summed E-state index contributed by atoms with van der Waals surface area (Å²) in [4.78, 5) is 19.9. The van der Waals surface area contributed by atoms with E-state index in [0.717, 1.165) is 30.5 Å². The molecule has 1 aromatic heterocycles. The van der Waals surface area contributed by atoms with Crippen LogP contribution in [0.3, 0.4) is 0 Å². The van der Waals surface area contributed by atoms with E-state index in [0.29, 0.717) is 48.9 Å². The van der Waals surface area contributed by atoms with Crippen molar-refractivity contribution in [2.24, 2.45) is 0 Å². The van der Waals surface area contributed by atoms with Gasteiger partial charge < -0.3 is 19.1 Å². The van der Waals surface area contributed by atoms with Crippen molar-refractivity contribution in [3.8, 4) is 11.5 Å². The minimum atomic E-state index is -3.54. The van der Waals surface area contributed by atoms with Crippen molar-refractivity contribution in [3.63, 3.8) is 0 Å². The van der Waals surface area contributed by atoms with Gasteiger partial charge >= 0.3 is 0 Å². The lowest BCUT2D eigenvalue weighted by Crippen LogP contribution is -2.31. The van der Waals surface area contributed by atoms with Crippen LogP contribution in [0, 0.1) is 6.92 Å². The summed E-state index contributed by atoms with van der Waals surface area (Å²) in [5.41, 5.74) is 2.58. The second-order valence-corrected chi connectivity index (χ2v) is 10.3. The molecular weight excluding hydrogens is 486 g/mol. The van der Waals surface area contributed by atoms with E-state index in [1.807, 2.05) is 37.0 Å². The van der Waals surface area contributed by atoms with E-state index >= 15 is 0 Å². The van der Waals surface area contributed by atoms with Crippen LogP contribution in [-0.2, 0) is 19.0 Å². The molecule has 0 saturated carbocycles. The summed E-state index contributed by atoms with van der Waals surface area (Å²) in [5, 5.41) is 0. The molecule has 3 rings (SSSR count). The number of hydrogen-bond donors (Lipinski definition) is 0. The topological polar surface area (TPSA) is 109 Å². The quantitative estimate of drug-likeness (QED) is 0.325. The first-order valence-corrected chi connectivity index (χ1v) is 13.6. The van der Waals surface area contributed by atoms with Crippen LogP contribution in [0.2, 0.25) is 0 Å². The summed E-state index contributed by atoms with van der Waals surface area (Å²) in [6.07, 6.45) is 6.43. The van der Waals surface area contributed by atoms with Gasteiger partial charge in [-0.3, -0.25) is 13.5 Å². The molecule has 0 bridgehead atoms. The normalized spacial score (nSPS) is 15.1. The molecule has 2 aromatic rings. The maximum Gasteiger partial charge on any atom is 0.264 e. The fourth-order valence-corrected chi connectivity index (χ4v) is 4.55. The number of benzene rings is 1. The van der Waals surface area contributed by atoms with Gasteiger partial charge in [-0.1, -0.05) is 0 Å². The summed E-state index contributed by atoms with van der Waals surface area (Å²) in [5.74, 6) is 1.21. The number of hydrogen-bond acceptors (Lipinski definition) is 9. The maximum absolute atomic E-state index is 13.4. The van der Waals surface area contributed by atoms with Gasteiger partial charge in [0.2, 0.25) is 0 Å². The lowest BCUT2D eigenvalue weighted by molar-refractivity contribution is 0.0683. The second kappa shape index (κ2) is 12.4. The average Bonchev–Trinajstić information content (AvgIpc) is 2.86. The van der Waals surface area contributed by atoms with E-state index in [9.17, 15) is 13.2 Å². The lowest BCUT2D eigenvalue weighted by atomic mass is 10.1. The largest absolute Gasteiger partial charge is 0.497 e. The molecule has 0 atom stereocenters. The van der Waals surface area contributed by atoms with E-state index < -0.39 is 10.1 Å². The van der Waals surface area contributed by atoms with Crippen molar-refractivity contribution >= 4 is 21.9 Å². The Morgan fingerprint density at radius 3 is 2.42 bits per heavy atom. The molecule has 10 nitrogen and oxygen atoms in total. The van der Waals surface area contributed by atoms with Gasteiger partial charge in [0.1, 0.15) is 11.5 Å². The highest BCUT2D eigenvalue weighted by atomic mass is 32.2. The Bertz CT molecular complexity index is 1210. The Balaban J connectivity index is 1.99. The summed E-state index contributed by atoms with van der Waals surface area (Å²) in [6, 6.07) is 5.53. The first kappa shape index (κ1) is 27.7. The molecule has 1 aromatic carbocycles. The number of nitrogens with zero attached hydrogens (tertiary/aromatic N) is 3. The first-order chi connectivity index (χ1) is 17.1. The standard InChI is InChI=1S/C25H35N3O7S/c1-18(13-24-19(2)26-17-28(25(24)29)20-7-11-34-12-8-20)27(9-6-10-35-36(5,30)31)21-14-22(32-3)16-23(15-21)33-4/h13-17,20H,6-12H2,1-5H3. The molecule has 0 aliphatic carbocycles. The van der Waals surface area contributed by atoms with Crippen LogP contribution < -0.4 is 19.9 Å². The Morgan fingerprint density at radius 1 is 1.19 bits per heavy atom. The summed E-state index contributed by atoms with van der Waals surface area (Å²) >= 11 is 0. The molecule has 1 fully saturated rings. The molecule has 0 amide bonds. The van der Waals surface area contributed by atoms with Crippen molar-refractivity contribution in [1.82, 2.24) is 9.55 Å². The third kappa shape index (κ3) is 7.31. The highest BCUT2D eigenvalue weighted by molar-refractivity contribution is 7.85. The smallest absolute Gasteiger partial charge is 0.264 e. The number of methoxy groups -OCH3 is 2. The summed E-state index contributed by atoms with van der Waals surface area (Å²) in [6.45, 7) is 5.42. The van der Waals surface area contributed by atoms with Gasteiger partial charge in [-0.05, 0) is 39.2 Å². The highest BCUT2D eigenvalue weighted by Crippen LogP contribution is 2.31. The Kier molecular flexibility index (Phi) is 9.52. The fourth-order valence-electron chi connectivity index (χ4n) is 4.13. The SMILES string of the molecule is COc1cc(OC)cc(N(CCCOS(C)(=O)=O)C(C)=Cc2c(C)ncn(C3CCOCC3)c2=O)c1. The second-order valence-electron chi connectivity index (χ2n) is 8.69. The zero-order chi connectivity index (χ0) is 26.3. The molecule has 0 N–H and O–H groups in total. The molecule has 36 heavy (non-hydrogen) atoms. The Labute approximate surface area is 212 Å². The van der Waals surface area contributed by atoms with E-state index in [-0.39, 0.29) is 18.2 Å². The van der Waals surface area contributed by atoms with Crippen molar-refractivity contribution in [3.05, 3.63) is 51.8 Å². The first-order valence-electron chi connectivity index (χ1n) is 11.8. The number of allylic oxidation sites excluding steroid dienone is 1. The molecule has 1 aliphatic rings. The number of aryl methyl sites for hydroxylation is 1. The summed E-state index contributed by atoms with van der Waals surface area (Å²) < 4.78 is 45.7. The molecule has 1 aliphatic heterocycles. The van der Waals surface area contributed by atoms with Gasteiger partial charge in [0.25, 0.3) is 15.7 Å². The third-order valence-corrected chi connectivity index (χ3v) is 6.66. The molecule has 198 valence electrons. The number of aromatic nitrogens is 2. The van der Waals surface area contributed by atoms with Crippen molar-refractivity contribution < 1.29 is 26.8 Å². The van der Waals surface area contributed by atoms with Crippen molar-refractivity contribution in [1.29, 1.82) is 0 Å². The molecule has 1 saturated heterocycles. The van der Waals surface area contributed by atoms with E-state index in [4.69, 9.17) is 18.4 Å². The minimum absolute atomic E-state index is 0.0339. The van der Waals surface area contributed by atoms with E-state index in [1.165, 1.54) is 0 Å². The van der Waals surface area contributed by atoms with Crippen LogP contribution in [0.5, 0.6) is 11.5 Å². The molecule has 2 heterocycles. The average molecular weight is 522 g/mol. The lowest BCUT2D eigenvalue weighted by Gasteiger charge is -2.27.